The Kier molecular flexibility index (Phi) is 16.2. The molecule has 0 aliphatic rings. The molecule has 1 unspecified atom stereocenters. The van der Waals surface area contributed by atoms with Crippen LogP contribution in [-0.4, -0.2) is 33.8 Å². The van der Waals surface area contributed by atoms with Crippen molar-refractivity contribution in [3.05, 3.63) is 18.7 Å². The molecule has 4 heteroatoms. The zero-order chi connectivity index (χ0) is 18.7. The number of rotatable bonds is 19. The Hall–Kier alpha value is -0.480. The van der Waals surface area contributed by atoms with E-state index in [0.717, 1.165) is 18.9 Å². The molecule has 1 aromatic heterocycles. The Balaban J connectivity index is 2.12. The molecular weight excluding hydrogens is 340 g/mol. The Morgan fingerprint density at radius 2 is 1.54 bits per heavy atom. The van der Waals surface area contributed by atoms with Gasteiger partial charge in [0.25, 0.3) is 0 Å². The van der Waals surface area contributed by atoms with Crippen LogP contribution in [0.2, 0.25) is 0 Å². The summed E-state index contributed by atoms with van der Waals surface area (Å²) >= 11 is 2.06. The molecule has 1 heterocycles. The third kappa shape index (κ3) is 13.7. The normalized spacial score (nSPS) is 12.5. The van der Waals surface area contributed by atoms with Crippen molar-refractivity contribution in [2.75, 3.05) is 18.1 Å². The van der Waals surface area contributed by atoms with E-state index in [1.807, 2.05) is 18.7 Å². The van der Waals surface area contributed by atoms with Gasteiger partial charge in [-0.2, -0.15) is 11.8 Å². The first-order chi connectivity index (χ1) is 12.9. The first-order valence-corrected chi connectivity index (χ1v) is 12.2. The summed E-state index contributed by atoms with van der Waals surface area (Å²) in [6.07, 6.45) is 22.3. The summed E-state index contributed by atoms with van der Waals surface area (Å²) in [5.41, 5.74) is 0. The molecule has 0 aromatic carbocycles. The third-order valence-electron chi connectivity index (χ3n) is 4.77. The molecule has 0 bridgehead atoms. The summed E-state index contributed by atoms with van der Waals surface area (Å²) in [6.45, 7) is 6.39. The maximum Gasteiger partial charge on any atom is 0.0946 e. The number of thioether (sulfide) groups is 1. The highest BCUT2D eigenvalue weighted by Gasteiger charge is 2.10. The maximum atomic E-state index is 6.21. The fraction of sp³-hybridized carbons (Fsp3) is 0.864. The lowest BCUT2D eigenvalue weighted by atomic mass is 10.1. The lowest BCUT2D eigenvalue weighted by Gasteiger charge is -2.18. The lowest BCUT2D eigenvalue weighted by Crippen LogP contribution is -2.23. The minimum atomic E-state index is 0.310. The maximum absolute atomic E-state index is 6.21. The van der Waals surface area contributed by atoms with E-state index in [0.29, 0.717) is 6.10 Å². The summed E-state index contributed by atoms with van der Waals surface area (Å²) in [5, 5.41) is 0. The molecule has 0 aliphatic carbocycles. The molecule has 0 saturated heterocycles. The molecule has 0 N–H and O–H groups in total. The van der Waals surface area contributed by atoms with Gasteiger partial charge in [-0.1, -0.05) is 78.1 Å². The molecule has 1 atom stereocenters. The van der Waals surface area contributed by atoms with E-state index in [2.05, 4.69) is 35.2 Å². The van der Waals surface area contributed by atoms with E-state index in [1.165, 1.54) is 82.8 Å². The van der Waals surface area contributed by atoms with Crippen molar-refractivity contribution in [3.63, 3.8) is 0 Å². The number of aromatic nitrogens is 2. The first-order valence-electron chi connectivity index (χ1n) is 11.0. The molecule has 0 aliphatic heterocycles. The van der Waals surface area contributed by atoms with Gasteiger partial charge in [0.2, 0.25) is 0 Å². The average Bonchev–Trinajstić information content (AvgIpc) is 3.16. The molecular formula is C22H42N2OS. The van der Waals surface area contributed by atoms with Gasteiger partial charge in [0, 0.05) is 24.8 Å². The van der Waals surface area contributed by atoms with Gasteiger partial charge in [0.15, 0.2) is 0 Å². The van der Waals surface area contributed by atoms with Gasteiger partial charge >= 0.3 is 0 Å². The van der Waals surface area contributed by atoms with E-state index in [-0.39, 0.29) is 0 Å². The molecule has 0 fully saturated rings. The van der Waals surface area contributed by atoms with Gasteiger partial charge in [-0.3, -0.25) is 0 Å². The summed E-state index contributed by atoms with van der Waals surface area (Å²) in [6, 6.07) is 0. The van der Waals surface area contributed by atoms with Crippen LogP contribution >= 0.6 is 11.8 Å². The SMILES string of the molecule is CCCCCCCCOC(CSCCCCCCCC)Cn1ccnc1. The minimum Gasteiger partial charge on any atom is -0.376 e. The lowest BCUT2D eigenvalue weighted by molar-refractivity contribution is 0.0548. The third-order valence-corrected chi connectivity index (χ3v) is 5.96. The van der Waals surface area contributed by atoms with Crippen molar-refractivity contribution in [1.82, 2.24) is 9.55 Å². The van der Waals surface area contributed by atoms with Crippen molar-refractivity contribution in [1.29, 1.82) is 0 Å². The molecule has 0 spiro atoms. The second-order valence-corrected chi connectivity index (χ2v) is 8.51. The molecule has 1 rings (SSSR count). The zero-order valence-electron chi connectivity index (χ0n) is 17.3. The van der Waals surface area contributed by atoms with E-state index in [9.17, 15) is 0 Å². The van der Waals surface area contributed by atoms with Gasteiger partial charge in [-0.05, 0) is 18.6 Å². The highest BCUT2D eigenvalue weighted by atomic mass is 32.2. The van der Waals surface area contributed by atoms with Gasteiger partial charge in [0.05, 0.1) is 19.0 Å². The Morgan fingerprint density at radius 1 is 0.885 bits per heavy atom. The minimum absolute atomic E-state index is 0.310. The van der Waals surface area contributed by atoms with Gasteiger partial charge in [-0.25, -0.2) is 4.98 Å². The summed E-state index contributed by atoms with van der Waals surface area (Å²) in [4.78, 5) is 4.16. The summed E-state index contributed by atoms with van der Waals surface area (Å²) < 4.78 is 8.36. The fourth-order valence-corrected chi connectivity index (χ4v) is 4.15. The van der Waals surface area contributed by atoms with Crippen LogP contribution < -0.4 is 0 Å². The standard InChI is InChI=1S/C22H42N2OS/c1-3-5-7-9-11-13-17-25-22(19-24-16-15-23-21-24)20-26-18-14-12-10-8-6-4-2/h15-16,21-22H,3-14,17-20H2,1-2H3. The topological polar surface area (TPSA) is 27.1 Å². The van der Waals surface area contributed by atoms with Crippen LogP contribution in [0.1, 0.15) is 90.9 Å². The number of hydrogen-bond donors (Lipinski definition) is 0. The summed E-state index contributed by atoms with van der Waals surface area (Å²) in [5.74, 6) is 2.37. The van der Waals surface area contributed by atoms with Crippen LogP contribution in [0.15, 0.2) is 18.7 Å². The van der Waals surface area contributed by atoms with Gasteiger partial charge < -0.3 is 9.30 Å². The molecule has 152 valence electrons. The zero-order valence-corrected chi connectivity index (χ0v) is 18.2. The largest absolute Gasteiger partial charge is 0.376 e. The Morgan fingerprint density at radius 3 is 2.19 bits per heavy atom. The van der Waals surface area contributed by atoms with Crippen LogP contribution in [-0.2, 0) is 11.3 Å². The van der Waals surface area contributed by atoms with E-state index >= 15 is 0 Å². The van der Waals surface area contributed by atoms with Crippen molar-refractivity contribution in [2.45, 2.75) is 104 Å². The second-order valence-electron chi connectivity index (χ2n) is 7.36. The van der Waals surface area contributed by atoms with Gasteiger partial charge in [0.1, 0.15) is 0 Å². The number of unbranched alkanes of at least 4 members (excludes halogenated alkanes) is 10. The Labute approximate surface area is 166 Å². The Bertz CT molecular complexity index is 384. The van der Waals surface area contributed by atoms with E-state index in [1.54, 1.807) is 0 Å². The molecule has 26 heavy (non-hydrogen) atoms. The molecule has 0 saturated carbocycles. The van der Waals surface area contributed by atoms with Crippen LogP contribution in [0.3, 0.4) is 0 Å². The second kappa shape index (κ2) is 17.9. The fourth-order valence-electron chi connectivity index (χ4n) is 3.12. The highest BCUT2D eigenvalue weighted by molar-refractivity contribution is 7.99. The predicted octanol–water partition coefficient (Wildman–Crippen LogP) is 6.72. The average molecular weight is 383 g/mol. The van der Waals surface area contributed by atoms with Crippen molar-refractivity contribution in [2.24, 2.45) is 0 Å². The number of ether oxygens (including phenoxy) is 1. The molecule has 1 aromatic rings. The molecule has 3 nitrogen and oxygen atoms in total. The quantitative estimate of drug-likeness (QED) is 0.248. The molecule has 0 radical (unpaired) electrons. The number of nitrogens with zero attached hydrogens (tertiary/aromatic N) is 2. The summed E-state index contributed by atoms with van der Waals surface area (Å²) in [7, 11) is 0. The van der Waals surface area contributed by atoms with Crippen LogP contribution in [0, 0.1) is 0 Å². The number of hydrogen-bond acceptors (Lipinski definition) is 3. The van der Waals surface area contributed by atoms with Crippen molar-refractivity contribution < 1.29 is 4.74 Å². The van der Waals surface area contributed by atoms with Crippen molar-refractivity contribution in [3.8, 4) is 0 Å². The number of imidazole rings is 1. The van der Waals surface area contributed by atoms with Crippen molar-refractivity contribution >= 4 is 11.8 Å². The van der Waals surface area contributed by atoms with Crippen LogP contribution in [0.5, 0.6) is 0 Å². The van der Waals surface area contributed by atoms with E-state index < -0.39 is 0 Å². The smallest absolute Gasteiger partial charge is 0.0946 e. The van der Waals surface area contributed by atoms with Crippen LogP contribution in [0.4, 0.5) is 0 Å². The molecule has 0 amide bonds. The highest BCUT2D eigenvalue weighted by Crippen LogP contribution is 2.14. The first kappa shape index (κ1) is 23.6. The van der Waals surface area contributed by atoms with Gasteiger partial charge in [-0.15, -0.1) is 0 Å². The monoisotopic (exact) mass is 382 g/mol. The van der Waals surface area contributed by atoms with Crippen LogP contribution in [0.25, 0.3) is 0 Å². The van der Waals surface area contributed by atoms with E-state index in [4.69, 9.17) is 4.74 Å². The predicted molar refractivity (Wildman–Crippen MR) is 116 cm³/mol.